The molecule has 1 atom stereocenters. The highest BCUT2D eigenvalue weighted by Crippen LogP contribution is 2.38. The van der Waals surface area contributed by atoms with Crippen LogP contribution in [0, 0.1) is 0 Å². The van der Waals surface area contributed by atoms with Gasteiger partial charge in [-0.25, -0.2) is 0 Å². The number of benzene rings is 3. The molecular formula is C22H17Cl2NO3. The number of carbonyl (C=O) groups is 1. The molecule has 0 aromatic heterocycles. The molecule has 3 aromatic rings. The maximum absolute atomic E-state index is 12.3. The van der Waals surface area contributed by atoms with E-state index in [1.807, 2.05) is 18.2 Å². The Kier molecular flexibility index (Phi) is 5.27. The summed E-state index contributed by atoms with van der Waals surface area (Å²) >= 11 is 11.8. The van der Waals surface area contributed by atoms with Crippen molar-refractivity contribution in [2.75, 3.05) is 5.32 Å². The lowest BCUT2D eigenvalue weighted by atomic mass is 10.1. The van der Waals surface area contributed by atoms with Crippen LogP contribution in [0.3, 0.4) is 0 Å². The van der Waals surface area contributed by atoms with Crippen LogP contribution in [0.5, 0.6) is 11.5 Å². The van der Waals surface area contributed by atoms with Crippen molar-refractivity contribution in [2.24, 2.45) is 0 Å². The molecule has 0 bridgehead atoms. The summed E-state index contributed by atoms with van der Waals surface area (Å²) in [5.74, 6) is 1.13. The van der Waals surface area contributed by atoms with Crippen LogP contribution in [0.1, 0.15) is 34.0 Å². The lowest BCUT2D eigenvalue weighted by molar-refractivity contribution is 0.102. The van der Waals surface area contributed by atoms with Gasteiger partial charge in [-0.1, -0.05) is 35.3 Å². The Morgan fingerprint density at radius 1 is 1.04 bits per heavy atom. The largest absolute Gasteiger partial charge is 0.457 e. The van der Waals surface area contributed by atoms with Gasteiger partial charge >= 0.3 is 0 Å². The highest BCUT2D eigenvalue weighted by molar-refractivity contribution is 6.42. The Balaban J connectivity index is 1.46. The molecule has 0 aliphatic heterocycles. The average molecular weight is 414 g/mol. The molecule has 0 radical (unpaired) electrons. The monoisotopic (exact) mass is 413 g/mol. The predicted octanol–water partition coefficient (Wildman–Crippen LogP) is 6.02. The smallest absolute Gasteiger partial charge is 0.255 e. The van der Waals surface area contributed by atoms with Gasteiger partial charge in [0.05, 0.1) is 16.1 Å². The van der Waals surface area contributed by atoms with E-state index in [1.54, 1.807) is 36.4 Å². The van der Waals surface area contributed by atoms with E-state index < -0.39 is 6.10 Å². The van der Waals surface area contributed by atoms with Gasteiger partial charge in [0.25, 0.3) is 5.91 Å². The van der Waals surface area contributed by atoms with Crippen LogP contribution in [0.2, 0.25) is 10.0 Å². The summed E-state index contributed by atoms with van der Waals surface area (Å²) in [5, 5.41) is 13.6. The Hall–Kier alpha value is -2.53. The number of hydrogen-bond acceptors (Lipinski definition) is 3. The Labute approximate surface area is 172 Å². The molecule has 1 aliphatic rings. The molecule has 142 valence electrons. The minimum absolute atomic E-state index is 0.276. The lowest BCUT2D eigenvalue weighted by Crippen LogP contribution is -2.11. The first-order valence-electron chi connectivity index (χ1n) is 8.85. The summed E-state index contributed by atoms with van der Waals surface area (Å²) in [7, 11) is 0. The molecule has 0 fully saturated rings. The molecule has 0 spiro atoms. The van der Waals surface area contributed by atoms with Crippen LogP contribution in [0.15, 0.2) is 60.7 Å². The SMILES string of the molecule is O=C(Nc1ccc(Oc2cccc3c2CCC3O)cc1)c1ccc(Cl)c(Cl)c1. The van der Waals surface area contributed by atoms with E-state index in [9.17, 15) is 9.90 Å². The number of anilines is 1. The van der Waals surface area contributed by atoms with Gasteiger partial charge in [0, 0.05) is 16.8 Å². The number of aliphatic hydroxyl groups is 1. The third-order valence-corrected chi connectivity index (χ3v) is 5.46. The van der Waals surface area contributed by atoms with Gasteiger partial charge < -0.3 is 15.2 Å². The van der Waals surface area contributed by atoms with Gasteiger partial charge in [-0.2, -0.15) is 0 Å². The summed E-state index contributed by atoms with van der Waals surface area (Å²) in [5.41, 5.74) is 3.04. The molecule has 1 unspecified atom stereocenters. The van der Waals surface area contributed by atoms with Crippen LogP contribution in [0.25, 0.3) is 0 Å². The summed E-state index contributed by atoms with van der Waals surface area (Å²) in [6, 6.07) is 17.6. The van der Waals surface area contributed by atoms with Crippen molar-refractivity contribution in [1.29, 1.82) is 0 Å². The zero-order valence-electron chi connectivity index (χ0n) is 14.8. The van der Waals surface area contributed by atoms with Gasteiger partial charge in [-0.15, -0.1) is 0 Å². The van der Waals surface area contributed by atoms with Crippen LogP contribution in [0.4, 0.5) is 5.69 Å². The minimum Gasteiger partial charge on any atom is -0.457 e. The first-order chi connectivity index (χ1) is 13.5. The van der Waals surface area contributed by atoms with E-state index in [-0.39, 0.29) is 5.91 Å². The van der Waals surface area contributed by atoms with Gasteiger partial charge in [0.15, 0.2) is 0 Å². The van der Waals surface area contributed by atoms with Crippen molar-refractivity contribution in [3.63, 3.8) is 0 Å². The molecule has 0 saturated carbocycles. The van der Waals surface area contributed by atoms with Crippen molar-refractivity contribution in [3.05, 3.63) is 87.4 Å². The summed E-state index contributed by atoms with van der Waals surface area (Å²) < 4.78 is 5.99. The highest BCUT2D eigenvalue weighted by Gasteiger charge is 2.23. The molecule has 3 aromatic carbocycles. The first kappa shape index (κ1) is 18.8. The number of fused-ring (bicyclic) bond motifs is 1. The Bertz CT molecular complexity index is 1030. The van der Waals surface area contributed by atoms with Gasteiger partial charge in [-0.3, -0.25) is 4.79 Å². The fraction of sp³-hybridized carbons (Fsp3) is 0.136. The van der Waals surface area contributed by atoms with Crippen LogP contribution in [-0.2, 0) is 6.42 Å². The number of ether oxygens (including phenoxy) is 1. The number of rotatable bonds is 4. The van der Waals surface area contributed by atoms with E-state index in [2.05, 4.69) is 5.32 Å². The standard InChI is InChI=1S/C22H17Cl2NO3/c23-18-10-4-13(12-19(18)24)22(27)25-14-5-7-15(8-6-14)28-21-3-1-2-16-17(21)9-11-20(16)26/h1-8,10,12,20,26H,9,11H2,(H,25,27). The molecule has 4 rings (SSSR count). The number of nitrogens with one attached hydrogen (secondary N) is 1. The third kappa shape index (κ3) is 3.85. The maximum atomic E-state index is 12.3. The fourth-order valence-electron chi connectivity index (χ4n) is 3.27. The van der Waals surface area contributed by atoms with Crippen molar-refractivity contribution in [2.45, 2.75) is 18.9 Å². The molecule has 28 heavy (non-hydrogen) atoms. The van der Waals surface area contributed by atoms with Crippen LogP contribution >= 0.6 is 23.2 Å². The highest BCUT2D eigenvalue weighted by atomic mass is 35.5. The summed E-state index contributed by atoms with van der Waals surface area (Å²) in [4.78, 5) is 12.3. The molecule has 0 saturated heterocycles. The summed E-state index contributed by atoms with van der Waals surface area (Å²) in [6.45, 7) is 0. The molecular weight excluding hydrogens is 397 g/mol. The minimum atomic E-state index is -0.419. The molecule has 1 amide bonds. The Morgan fingerprint density at radius 2 is 1.82 bits per heavy atom. The zero-order valence-corrected chi connectivity index (χ0v) is 16.3. The van der Waals surface area contributed by atoms with Gasteiger partial charge in [0.2, 0.25) is 0 Å². The van der Waals surface area contributed by atoms with Crippen molar-refractivity contribution < 1.29 is 14.6 Å². The van der Waals surface area contributed by atoms with E-state index in [4.69, 9.17) is 27.9 Å². The van der Waals surface area contributed by atoms with Crippen LogP contribution in [-0.4, -0.2) is 11.0 Å². The normalized spacial score (nSPS) is 15.2. The van der Waals surface area contributed by atoms with Gasteiger partial charge in [-0.05, 0) is 66.9 Å². The third-order valence-electron chi connectivity index (χ3n) is 4.72. The predicted molar refractivity (Wildman–Crippen MR) is 111 cm³/mol. The first-order valence-corrected chi connectivity index (χ1v) is 9.61. The molecule has 6 heteroatoms. The second-order valence-corrected chi connectivity index (χ2v) is 7.40. The number of halogens is 2. The number of aliphatic hydroxyl groups excluding tert-OH is 1. The molecule has 2 N–H and O–H groups in total. The van der Waals surface area contributed by atoms with Crippen molar-refractivity contribution in [1.82, 2.24) is 0 Å². The Morgan fingerprint density at radius 3 is 2.57 bits per heavy atom. The molecule has 1 aliphatic carbocycles. The van der Waals surface area contributed by atoms with E-state index >= 15 is 0 Å². The van der Waals surface area contributed by atoms with E-state index in [0.717, 1.165) is 29.7 Å². The average Bonchev–Trinajstić information content (AvgIpc) is 3.07. The van der Waals surface area contributed by atoms with E-state index in [1.165, 1.54) is 6.07 Å². The molecule has 4 nitrogen and oxygen atoms in total. The lowest BCUT2D eigenvalue weighted by Gasteiger charge is -2.12. The van der Waals surface area contributed by atoms with Crippen molar-refractivity contribution >= 4 is 34.8 Å². The number of hydrogen-bond donors (Lipinski definition) is 2. The number of carbonyl (C=O) groups excluding carboxylic acids is 1. The second-order valence-electron chi connectivity index (χ2n) is 6.59. The second kappa shape index (κ2) is 7.84. The summed E-state index contributed by atoms with van der Waals surface area (Å²) in [6.07, 6.45) is 1.09. The van der Waals surface area contributed by atoms with Crippen LogP contribution < -0.4 is 10.1 Å². The number of amides is 1. The molecule has 0 heterocycles. The zero-order chi connectivity index (χ0) is 19.7. The fourth-order valence-corrected chi connectivity index (χ4v) is 3.57. The van der Waals surface area contributed by atoms with Gasteiger partial charge in [0.1, 0.15) is 11.5 Å². The topological polar surface area (TPSA) is 58.6 Å². The van der Waals surface area contributed by atoms with Crippen molar-refractivity contribution in [3.8, 4) is 11.5 Å². The quantitative estimate of drug-likeness (QED) is 0.549. The maximum Gasteiger partial charge on any atom is 0.255 e. The van der Waals surface area contributed by atoms with E-state index in [0.29, 0.717) is 27.0 Å².